The molecule has 0 spiro atoms. The summed E-state index contributed by atoms with van der Waals surface area (Å²) in [5, 5.41) is 0. The molecule has 0 radical (unpaired) electrons. The molecule has 184 valence electrons. The first-order chi connectivity index (χ1) is 15.7. The lowest BCUT2D eigenvalue weighted by atomic mass is 9.69. The van der Waals surface area contributed by atoms with Gasteiger partial charge in [-0.15, -0.1) is 0 Å². The van der Waals surface area contributed by atoms with E-state index in [1.165, 1.54) is 83.5 Å². The molecule has 32 heavy (non-hydrogen) atoms. The molecule has 4 saturated carbocycles. The molecule has 0 aromatic carbocycles. The largest absolute Gasteiger partial charge is 0.216 e. The second-order valence-corrected chi connectivity index (χ2v) is 13.1. The van der Waals surface area contributed by atoms with Crippen LogP contribution in [-0.2, 0) is 0 Å². The van der Waals surface area contributed by atoms with Gasteiger partial charge in [-0.2, -0.15) is 0 Å². The van der Waals surface area contributed by atoms with Crippen molar-refractivity contribution in [3.05, 3.63) is 12.4 Å². The number of hydrogen-bond donors (Lipinski definition) is 0. The van der Waals surface area contributed by atoms with Crippen LogP contribution in [0.4, 0.5) is 4.39 Å². The second kappa shape index (κ2) is 12.9. The topological polar surface area (TPSA) is 0 Å². The summed E-state index contributed by atoms with van der Waals surface area (Å²) in [6, 6.07) is 0. The predicted octanol–water partition coefficient (Wildman–Crippen LogP) is 10.3. The third kappa shape index (κ3) is 7.87. The Morgan fingerprint density at radius 3 is 1.06 bits per heavy atom. The van der Waals surface area contributed by atoms with Gasteiger partial charge in [-0.1, -0.05) is 103 Å². The third-order valence-electron chi connectivity index (χ3n) is 10.6. The smallest absolute Gasteiger partial charge is 0.0827 e. The summed E-state index contributed by atoms with van der Waals surface area (Å²) in [6.07, 6.45) is 31.9. The highest BCUT2D eigenvalue weighted by Gasteiger charge is 2.30. The van der Waals surface area contributed by atoms with Gasteiger partial charge in [0.25, 0.3) is 0 Å². The Labute approximate surface area is 199 Å². The summed E-state index contributed by atoms with van der Waals surface area (Å²) >= 11 is 0. The zero-order valence-electron chi connectivity index (χ0n) is 21.3. The minimum Gasteiger partial charge on any atom is -0.216 e. The minimum atomic E-state index is 0.744. The van der Waals surface area contributed by atoms with Crippen molar-refractivity contribution in [3.8, 4) is 0 Å². The molecule has 4 fully saturated rings. The first-order valence-electron chi connectivity index (χ1n) is 14.9. The Balaban J connectivity index is 1.06. The molecule has 0 aromatic heterocycles. The van der Waals surface area contributed by atoms with Gasteiger partial charge in [0, 0.05) is 0 Å². The van der Waals surface area contributed by atoms with Crippen molar-refractivity contribution in [1.82, 2.24) is 0 Å². The number of rotatable bonds is 8. The molecule has 0 N–H and O–H groups in total. The van der Waals surface area contributed by atoms with E-state index < -0.39 is 0 Å². The van der Waals surface area contributed by atoms with Gasteiger partial charge in [-0.3, -0.25) is 0 Å². The average Bonchev–Trinajstić information content (AvgIpc) is 2.83. The van der Waals surface area contributed by atoms with Crippen molar-refractivity contribution >= 4 is 0 Å². The van der Waals surface area contributed by atoms with Crippen molar-refractivity contribution < 1.29 is 4.39 Å². The summed E-state index contributed by atoms with van der Waals surface area (Å²) in [4.78, 5) is 0. The van der Waals surface area contributed by atoms with Crippen LogP contribution in [0.3, 0.4) is 0 Å². The average molecular weight is 445 g/mol. The van der Waals surface area contributed by atoms with Crippen LogP contribution in [-0.4, -0.2) is 0 Å². The van der Waals surface area contributed by atoms with E-state index in [4.69, 9.17) is 0 Å². The van der Waals surface area contributed by atoms with Crippen molar-refractivity contribution in [2.45, 2.75) is 135 Å². The molecule has 0 amide bonds. The van der Waals surface area contributed by atoms with Crippen molar-refractivity contribution in [2.75, 3.05) is 0 Å². The molecule has 0 saturated heterocycles. The van der Waals surface area contributed by atoms with Crippen molar-refractivity contribution in [3.63, 3.8) is 0 Å². The summed E-state index contributed by atoms with van der Waals surface area (Å²) in [6.45, 7) is 2.45. The molecule has 0 aromatic rings. The second-order valence-electron chi connectivity index (χ2n) is 13.1. The molecule has 4 rings (SSSR count). The quantitative estimate of drug-likeness (QED) is 0.349. The van der Waals surface area contributed by atoms with Crippen LogP contribution in [0.15, 0.2) is 12.4 Å². The van der Waals surface area contributed by atoms with Crippen LogP contribution in [0.2, 0.25) is 0 Å². The Morgan fingerprint density at radius 2 is 0.750 bits per heavy atom. The van der Waals surface area contributed by atoms with E-state index in [0.29, 0.717) is 0 Å². The molecule has 0 atom stereocenters. The predicted molar refractivity (Wildman–Crippen MR) is 136 cm³/mol. The van der Waals surface area contributed by atoms with Crippen LogP contribution in [0.5, 0.6) is 0 Å². The summed E-state index contributed by atoms with van der Waals surface area (Å²) in [5.41, 5.74) is 0. The molecule has 1 heteroatoms. The monoisotopic (exact) mass is 444 g/mol. The van der Waals surface area contributed by atoms with E-state index in [1.54, 1.807) is 44.6 Å². The fourth-order valence-electron chi connectivity index (χ4n) is 8.33. The van der Waals surface area contributed by atoms with Crippen LogP contribution in [0.1, 0.15) is 135 Å². The van der Waals surface area contributed by atoms with Crippen LogP contribution in [0, 0.1) is 47.3 Å². The zero-order valence-corrected chi connectivity index (χ0v) is 21.3. The molecule has 0 unspecified atom stereocenters. The maximum Gasteiger partial charge on any atom is 0.0827 e. The van der Waals surface area contributed by atoms with E-state index in [9.17, 15) is 4.39 Å². The molecule has 0 heterocycles. The minimum absolute atomic E-state index is 0.744. The molecule has 4 aliphatic rings. The fraction of sp³-hybridized carbons (Fsp3) is 0.935. The van der Waals surface area contributed by atoms with Gasteiger partial charge in [0.2, 0.25) is 0 Å². The van der Waals surface area contributed by atoms with Gasteiger partial charge in [0.15, 0.2) is 0 Å². The zero-order chi connectivity index (χ0) is 22.2. The molecule has 0 bridgehead atoms. The highest BCUT2D eigenvalue weighted by atomic mass is 19.1. The van der Waals surface area contributed by atoms with Gasteiger partial charge in [0.05, 0.1) is 6.33 Å². The highest BCUT2D eigenvalue weighted by Crippen LogP contribution is 2.43. The van der Waals surface area contributed by atoms with E-state index in [-0.39, 0.29) is 0 Å². The Kier molecular flexibility index (Phi) is 10.0. The van der Waals surface area contributed by atoms with Crippen molar-refractivity contribution in [2.24, 2.45) is 47.3 Å². The van der Waals surface area contributed by atoms with Crippen LogP contribution in [0.25, 0.3) is 0 Å². The first-order valence-corrected chi connectivity index (χ1v) is 14.9. The van der Waals surface area contributed by atoms with Gasteiger partial charge in [-0.05, 0) is 85.9 Å². The maximum absolute atomic E-state index is 12.2. The van der Waals surface area contributed by atoms with Crippen LogP contribution >= 0.6 is 0 Å². The van der Waals surface area contributed by atoms with Gasteiger partial charge < -0.3 is 0 Å². The molecule has 4 aliphatic carbocycles. The molecular weight excluding hydrogens is 391 g/mol. The summed E-state index contributed by atoms with van der Waals surface area (Å²) in [7, 11) is 0. The lowest BCUT2D eigenvalue weighted by Gasteiger charge is -2.37. The van der Waals surface area contributed by atoms with E-state index in [0.717, 1.165) is 60.1 Å². The first kappa shape index (κ1) is 24.8. The lowest BCUT2D eigenvalue weighted by Crippen LogP contribution is -2.24. The normalized spacial score (nSPS) is 41.7. The van der Waals surface area contributed by atoms with Gasteiger partial charge in [0.1, 0.15) is 0 Å². The van der Waals surface area contributed by atoms with Gasteiger partial charge >= 0.3 is 0 Å². The standard InChI is InChI=1S/C31H53F/c1-24-4-6-26(7-5-24)21-28-12-14-30(15-13-28)23-31-18-16-29(17-19-31)22-27-10-8-25(9-11-27)3-2-20-32/h2,20,24-31H,3-19,21-23H2,1H3/b20-2-. The molecule has 0 nitrogen and oxygen atoms in total. The molecular formula is C31H53F. The van der Waals surface area contributed by atoms with Crippen molar-refractivity contribution in [1.29, 1.82) is 0 Å². The van der Waals surface area contributed by atoms with E-state index in [2.05, 4.69) is 6.92 Å². The fourth-order valence-corrected chi connectivity index (χ4v) is 8.33. The Bertz CT molecular complexity index is 521. The number of halogens is 1. The lowest BCUT2D eigenvalue weighted by molar-refractivity contribution is 0.153. The number of allylic oxidation sites excluding steroid dienone is 1. The van der Waals surface area contributed by atoms with E-state index in [1.807, 2.05) is 0 Å². The number of hydrogen-bond acceptors (Lipinski definition) is 0. The Morgan fingerprint density at radius 1 is 0.469 bits per heavy atom. The van der Waals surface area contributed by atoms with Gasteiger partial charge in [-0.25, -0.2) is 4.39 Å². The highest BCUT2D eigenvalue weighted by molar-refractivity contribution is 4.84. The van der Waals surface area contributed by atoms with E-state index >= 15 is 0 Å². The van der Waals surface area contributed by atoms with Crippen LogP contribution < -0.4 is 0 Å². The SMILES string of the molecule is CC1CCC(CC2CCC(CC3CCC(CC4CCC(C/C=C\F)CC4)CC3)CC2)CC1. The summed E-state index contributed by atoms with van der Waals surface area (Å²) < 4.78 is 12.2. The molecule has 0 aliphatic heterocycles. The Hall–Kier alpha value is -0.330. The maximum atomic E-state index is 12.2. The summed E-state index contributed by atoms with van der Waals surface area (Å²) in [5.74, 6) is 8.02. The third-order valence-corrected chi connectivity index (χ3v) is 10.6.